The highest BCUT2D eigenvalue weighted by molar-refractivity contribution is 5.85. The second-order valence-corrected chi connectivity index (χ2v) is 4.95. The van der Waals surface area contributed by atoms with Gasteiger partial charge in [0.1, 0.15) is 6.04 Å². The van der Waals surface area contributed by atoms with Gasteiger partial charge in [-0.1, -0.05) is 26.7 Å². The van der Waals surface area contributed by atoms with Gasteiger partial charge < -0.3 is 15.4 Å². The molecular weight excluding hydrogens is 258 g/mol. The fraction of sp³-hybridized carbons (Fsp3) is 0.643. The summed E-state index contributed by atoms with van der Waals surface area (Å²) in [5.74, 6) is -1.30. The smallest absolute Gasteiger partial charge is 0.326 e. The first kappa shape index (κ1) is 16.2. The lowest BCUT2D eigenvalue weighted by Gasteiger charge is -2.19. The van der Waals surface area contributed by atoms with Gasteiger partial charge in [0.05, 0.1) is 6.33 Å². The standard InChI is InChI=1S/C14H23N3O3/c1-3-5-10(6-4-2)13(18)17-12(14(19)20)7-11-8-15-9-16-11/h8-10,12H,3-7H2,1-2H3,(H,15,16)(H,17,18)(H,19,20)/t12-/m0/s1. The lowest BCUT2D eigenvalue weighted by Crippen LogP contribution is -2.45. The summed E-state index contributed by atoms with van der Waals surface area (Å²) in [6, 6.07) is -0.917. The zero-order valence-electron chi connectivity index (χ0n) is 12.1. The van der Waals surface area contributed by atoms with Gasteiger partial charge in [-0.25, -0.2) is 9.78 Å². The average Bonchev–Trinajstić information content (AvgIpc) is 2.90. The Labute approximate surface area is 119 Å². The number of carbonyl (C=O) groups is 2. The van der Waals surface area contributed by atoms with Crippen LogP contribution in [0.15, 0.2) is 12.5 Å². The predicted octanol–water partition coefficient (Wildman–Crippen LogP) is 1.74. The molecule has 0 saturated heterocycles. The molecule has 0 bridgehead atoms. The van der Waals surface area contributed by atoms with Gasteiger partial charge in [0, 0.05) is 24.2 Å². The first-order chi connectivity index (χ1) is 9.58. The molecule has 0 aliphatic carbocycles. The van der Waals surface area contributed by atoms with Crippen LogP contribution in [0, 0.1) is 5.92 Å². The first-order valence-corrected chi connectivity index (χ1v) is 7.08. The summed E-state index contributed by atoms with van der Waals surface area (Å²) in [7, 11) is 0. The van der Waals surface area contributed by atoms with E-state index >= 15 is 0 Å². The highest BCUT2D eigenvalue weighted by Crippen LogP contribution is 2.14. The number of hydrogen-bond acceptors (Lipinski definition) is 3. The third-order valence-corrected chi connectivity index (χ3v) is 3.24. The molecule has 112 valence electrons. The summed E-state index contributed by atoms with van der Waals surface area (Å²) in [6.45, 7) is 4.05. The number of carboxylic acid groups (broad SMARTS) is 1. The van der Waals surface area contributed by atoms with E-state index in [1.54, 1.807) is 6.20 Å². The second kappa shape index (κ2) is 8.35. The van der Waals surface area contributed by atoms with E-state index in [9.17, 15) is 14.7 Å². The number of hydrogen-bond donors (Lipinski definition) is 3. The minimum Gasteiger partial charge on any atom is -0.480 e. The molecule has 1 rings (SSSR count). The highest BCUT2D eigenvalue weighted by Gasteiger charge is 2.24. The van der Waals surface area contributed by atoms with Crippen molar-refractivity contribution in [3.63, 3.8) is 0 Å². The third-order valence-electron chi connectivity index (χ3n) is 3.24. The Hall–Kier alpha value is -1.85. The Morgan fingerprint density at radius 1 is 1.35 bits per heavy atom. The van der Waals surface area contributed by atoms with Crippen LogP contribution in [0.1, 0.15) is 45.2 Å². The van der Waals surface area contributed by atoms with Gasteiger partial charge >= 0.3 is 5.97 Å². The van der Waals surface area contributed by atoms with Gasteiger partial charge in [0.15, 0.2) is 0 Å². The molecular formula is C14H23N3O3. The summed E-state index contributed by atoms with van der Waals surface area (Å²) in [4.78, 5) is 30.1. The van der Waals surface area contributed by atoms with Crippen LogP contribution in [0.3, 0.4) is 0 Å². The monoisotopic (exact) mass is 281 g/mol. The molecule has 6 heteroatoms. The van der Waals surface area contributed by atoms with Crippen molar-refractivity contribution in [1.82, 2.24) is 15.3 Å². The van der Waals surface area contributed by atoms with Crippen molar-refractivity contribution in [2.24, 2.45) is 5.92 Å². The minimum atomic E-state index is -1.03. The third kappa shape index (κ3) is 5.03. The summed E-state index contributed by atoms with van der Waals surface area (Å²) >= 11 is 0. The average molecular weight is 281 g/mol. The Bertz CT molecular complexity index is 411. The van der Waals surface area contributed by atoms with Crippen molar-refractivity contribution in [3.8, 4) is 0 Å². The van der Waals surface area contributed by atoms with Crippen molar-refractivity contribution in [2.45, 2.75) is 52.0 Å². The Morgan fingerprint density at radius 3 is 2.45 bits per heavy atom. The lowest BCUT2D eigenvalue weighted by molar-refractivity contribution is -0.142. The van der Waals surface area contributed by atoms with E-state index in [-0.39, 0.29) is 18.2 Å². The molecule has 1 atom stereocenters. The van der Waals surface area contributed by atoms with Crippen LogP contribution >= 0.6 is 0 Å². The lowest BCUT2D eigenvalue weighted by atomic mass is 9.96. The van der Waals surface area contributed by atoms with Crippen LogP contribution in [-0.2, 0) is 16.0 Å². The van der Waals surface area contributed by atoms with Gasteiger partial charge in [0.25, 0.3) is 0 Å². The zero-order valence-corrected chi connectivity index (χ0v) is 12.1. The largest absolute Gasteiger partial charge is 0.480 e. The van der Waals surface area contributed by atoms with Gasteiger partial charge in [0.2, 0.25) is 5.91 Å². The molecule has 0 fully saturated rings. The number of rotatable bonds is 9. The molecule has 1 aromatic heterocycles. The van der Waals surface area contributed by atoms with Crippen LogP contribution in [0.2, 0.25) is 0 Å². The molecule has 0 aliphatic rings. The van der Waals surface area contributed by atoms with Gasteiger partial charge in [-0.15, -0.1) is 0 Å². The van der Waals surface area contributed by atoms with Gasteiger partial charge in [-0.3, -0.25) is 4.79 Å². The molecule has 0 unspecified atom stereocenters. The number of nitrogens with zero attached hydrogens (tertiary/aromatic N) is 1. The normalized spacial score (nSPS) is 12.3. The maximum Gasteiger partial charge on any atom is 0.326 e. The Kier molecular flexibility index (Phi) is 6.76. The Balaban J connectivity index is 2.64. The van der Waals surface area contributed by atoms with E-state index < -0.39 is 12.0 Å². The van der Waals surface area contributed by atoms with Crippen molar-refractivity contribution >= 4 is 11.9 Å². The van der Waals surface area contributed by atoms with E-state index in [4.69, 9.17) is 0 Å². The van der Waals surface area contributed by atoms with Crippen molar-refractivity contribution < 1.29 is 14.7 Å². The van der Waals surface area contributed by atoms with Crippen molar-refractivity contribution in [2.75, 3.05) is 0 Å². The van der Waals surface area contributed by atoms with E-state index in [2.05, 4.69) is 15.3 Å². The van der Waals surface area contributed by atoms with Crippen LogP contribution in [0.4, 0.5) is 0 Å². The number of aromatic amines is 1. The molecule has 3 N–H and O–H groups in total. The maximum absolute atomic E-state index is 12.2. The summed E-state index contributed by atoms with van der Waals surface area (Å²) in [6.07, 6.45) is 6.68. The number of aromatic nitrogens is 2. The number of amides is 1. The molecule has 1 amide bonds. The quantitative estimate of drug-likeness (QED) is 0.642. The number of imidazole rings is 1. The first-order valence-electron chi connectivity index (χ1n) is 7.08. The Morgan fingerprint density at radius 2 is 2.00 bits per heavy atom. The number of nitrogens with one attached hydrogen (secondary N) is 2. The van der Waals surface area contributed by atoms with Crippen LogP contribution < -0.4 is 5.32 Å². The zero-order chi connectivity index (χ0) is 15.0. The van der Waals surface area contributed by atoms with Gasteiger partial charge in [-0.2, -0.15) is 0 Å². The van der Waals surface area contributed by atoms with Crippen molar-refractivity contribution in [1.29, 1.82) is 0 Å². The van der Waals surface area contributed by atoms with E-state index in [0.717, 1.165) is 25.7 Å². The molecule has 0 radical (unpaired) electrons. The van der Waals surface area contributed by atoms with E-state index in [1.165, 1.54) is 6.33 Å². The summed E-state index contributed by atoms with van der Waals surface area (Å²) in [5.41, 5.74) is 0.695. The molecule has 1 heterocycles. The van der Waals surface area contributed by atoms with Gasteiger partial charge in [-0.05, 0) is 12.8 Å². The minimum absolute atomic E-state index is 0.103. The molecule has 1 aromatic rings. The molecule has 20 heavy (non-hydrogen) atoms. The van der Waals surface area contributed by atoms with Crippen LogP contribution in [-0.4, -0.2) is 33.0 Å². The predicted molar refractivity (Wildman–Crippen MR) is 75.2 cm³/mol. The number of carbonyl (C=O) groups excluding carboxylic acids is 1. The molecule has 0 aromatic carbocycles. The summed E-state index contributed by atoms with van der Waals surface area (Å²) < 4.78 is 0. The molecule has 0 saturated carbocycles. The SMILES string of the molecule is CCCC(CCC)C(=O)N[C@@H](Cc1cnc[nH]1)C(=O)O. The van der Waals surface area contributed by atoms with Crippen LogP contribution in [0.25, 0.3) is 0 Å². The van der Waals surface area contributed by atoms with Crippen molar-refractivity contribution in [3.05, 3.63) is 18.2 Å². The second-order valence-electron chi connectivity index (χ2n) is 4.95. The number of H-pyrrole nitrogens is 1. The van der Waals surface area contributed by atoms with E-state index in [0.29, 0.717) is 5.69 Å². The molecule has 6 nitrogen and oxygen atoms in total. The molecule has 0 spiro atoms. The van der Waals surface area contributed by atoms with E-state index in [1.807, 2.05) is 13.8 Å². The molecule has 0 aliphatic heterocycles. The number of carboxylic acids is 1. The topological polar surface area (TPSA) is 95.1 Å². The van der Waals surface area contributed by atoms with Crippen LogP contribution in [0.5, 0.6) is 0 Å². The highest BCUT2D eigenvalue weighted by atomic mass is 16.4. The maximum atomic E-state index is 12.2. The summed E-state index contributed by atoms with van der Waals surface area (Å²) in [5, 5.41) is 11.9. The number of aliphatic carboxylic acids is 1. The fourth-order valence-electron chi connectivity index (χ4n) is 2.21. The fourth-order valence-corrected chi connectivity index (χ4v) is 2.21.